The van der Waals surface area contributed by atoms with Crippen molar-refractivity contribution in [2.24, 2.45) is 0 Å². The fourth-order valence-electron chi connectivity index (χ4n) is 0.493. The van der Waals surface area contributed by atoms with Gasteiger partial charge in [-0.1, -0.05) is 0 Å². The zero-order valence-electron chi connectivity index (χ0n) is 5.90. The number of halogens is 4. The summed E-state index contributed by atoms with van der Waals surface area (Å²) < 4.78 is 48.5. The molecule has 0 unspecified atom stereocenters. The normalized spacial score (nSPS) is 12.7. The molecule has 0 aromatic heterocycles. The van der Waals surface area contributed by atoms with Crippen molar-refractivity contribution in [1.29, 1.82) is 0 Å². The molecule has 0 N–H and O–H groups in total. The van der Waals surface area contributed by atoms with Crippen LogP contribution in [0, 0.1) is 0 Å². The molecule has 0 aliphatic rings. The minimum atomic E-state index is -4.68. The van der Waals surface area contributed by atoms with E-state index in [2.05, 4.69) is 0 Å². The van der Waals surface area contributed by atoms with E-state index in [0.29, 0.717) is 0 Å². The lowest BCUT2D eigenvalue weighted by Gasteiger charge is -2.20. The molecule has 0 saturated carbocycles. The molecule has 0 amide bonds. The number of rotatable bonds is 5. The first-order chi connectivity index (χ1) is 5.37. The minimum absolute atomic E-state index is 0.0921. The topological polar surface area (TPSA) is 34.1 Å². The van der Waals surface area contributed by atoms with Crippen LogP contribution < -0.4 is 0 Å². The van der Waals surface area contributed by atoms with Gasteiger partial charge in [-0.2, -0.15) is 17.6 Å². The van der Waals surface area contributed by atoms with Crippen molar-refractivity contribution in [3.63, 3.8) is 0 Å². The van der Waals surface area contributed by atoms with Crippen LogP contribution in [0.4, 0.5) is 17.6 Å². The largest absolute Gasteiger partial charge is 0.364 e. The van der Waals surface area contributed by atoms with E-state index >= 15 is 0 Å². The lowest BCUT2D eigenvalue weighted by Crippen LogP contribution is -2.41. The molecule has 2 nitrogen and oxygen atoms in total. The van der Waals surface area contributed by atoms with Gasteiger partial charge in [-0.15, -0.1) is 0 Å². The Bertz CT molecular complexity index is 178. The van der Waals surface area contributed by atoms with Crippen molar-refractivity contribution < 1.29 is 27.2 Å². The summed E-state index contributed by atoms with van der Waals surface area (Å²) in [6.45, 7) is 0. The first kappa shape index (κ1) is 11.1. The maximum Gasteiger partial charge on any atom is 0.364 e. The lowest BCUT2D eigenvalue weighted by molar-refractivity contribution is -0.200. The standard InChI is InChI=1S/C6H6F4O2/c7-5(8,2-1-3-11)6(9,10)4-12/h3-4H,1-2H2. The predicted molar refractivity (Wildman–Crippen MR) is 31.3 cm³/mol. The van der Waals surface area contributed by atoms with Gasteiger partial charge in [-0.3, -0.25) is 4.79 Å². The van der Waals surface area contributed by atoms with Crippen molar-refractivity contribution in [3.05, 3.63) is 0 Å². The zero-order valence-corrected chi connectivity index (χ0v) is 5.90. The maximum atomic E-state index is 12.2. The molecular formula is C6H6F4O2. The fraction of sp³-hybridized carbons (Fsp3) is 0.667. The Morgan fingerprint density at radius 1 is 1.08 bits per heavy atom. The van der Waals surface area contributed by atoms with Crippen molar-refractivity contribution in [2.75, 3.05) is 0 Å². The second-order valence-corrected chi connectivity index (χ2v) is 2.15. The maximum absolute atomic E-state index is 12.2. The summed E-state index contributed by atoms with van der Waals surface area (Å²) in [5, 5.41) is 0. The van der Waals surface area contributed by atoms with Crippen molar-refractivity contribution in [2.45, 2.75) is 24.7 Å². The predicted octanol–water partition coefficient (Wildman–Crippen LogP) is 1.43. The molecule has 12 heavy (non-hydrogen) atoms. The van der Waals surface area contributed by atoms with E-state index in [1.807, 2.05) is 0 Å². The molecule has 6 heteroatoms. The van der Waals surface area contributed by atoms with Crippen molar-refractivity contribution in [1.82, 2.24) is 0 Å². The first-order valence-corrected chi connectivity index (χ1v) is 3.03. The van der Waals surface area contributed by atoms with Crippen LogP contribution in [0.15, 0.2) is 0 Å². The smallest absolute Gasteiger partial charge is 0.303 e. The second kappa shape index (κ2) is 3.64. The van der Waals surface area contributed by atoms with E-state index in [1.54, 1.807) is 0 Å². The Kier molecular flexibility index (Phi) is 3.36. The number of hydrogen-bond acceptors (Lipinski definition) is 2. The Balaban J connectivity index is 4.36. The molecule has 70 valence electrons. The molecule has 0 radical (unpaired) electrons. The summed E-state index contributed by atoms with van der Waals surface area (Å²) in [6, 6.07) is 0. The van der Waals surface area contributed by atoms with E-state index in [-0.39, 0.29) is 6.29 Å². The molecule has 0 aromatic carbocycles. The van der Waals surface area contributed by atoms with Crippen LogP contribution in [0.25, 0.3) is 0 Å². The van der Waals surface area contributed by atoms with Gasteiger partial charge in [0.25, 0.3) is 0 Å². The highest BCUT2D eigenvalue weighted by Gasteiger charge is 2.55. The molecule has 0 saturated heterocycles. The quantitative estimate of drug-likeness (QED) is 0.480. The third-order valence-electron chi connectivity index (χ3n) is 1.21. The molecule has 0 aliphatic heterocycles. The Labute approximate surface area is 65.5 Å². The van der Waals surface area contributed by atoms with E-state index in [9.17, 15) is 27.2 Å². The van der Waals surface area contributed by atoms with Gasteiger partial charge in [0.1, 0.15) is 6.29 Å². The van der Waals surface area contributed by atoms with Crippen LogP contribution in [0.3, 0.4) is 0 Å². The highest BCUT2D eigenvalue weighted by atomic mass is 19.3. The number of alkyl halides is 4. The Morgan fingerprint density at radius 3 is 1.92 bits per heavy atom. The highest BCUT2D eigenvalue weighted by molar-refractivity contribution is 5.62. The molecule has 0 aromatic rings. The summed E-state index contributed by atoms with van der Waals surface area (Å²) in [7, 11) is 0. The molecule has 0 aliphatic carbocycles. The van der Waals surface area contributed by atoms with Gasteiger partial charge < -0.3 is 4.79 Å². The van der Waals surface area contributed by atoms with Crippen LogP contribution in [-0.2, 0) is 9.59 Å². The lowest BCUT2D eigenvalue weighted by atomic mass is 10.1. The monoisotopic (exact) mass is 186 g/mol. The van der Waals surface area contributed by atoms with Crippen molar-refractivity contribution >= 4 is 12.6 Å². The van der Waals surface area contributed by atoms with Crippen molar-refractivity contribution in [3.8, 4) is 0 Å². The minimum Gasteiger partial charge on any atom is -0.303 e. The van der Waals surface area contributed by atoms with Crippen LogP contribution in [0.1, 0.15) is 12.8 Å². The van der Waals surface area contributed by atoms with Crippen LogP contribution in [-0.4, -0.2) is 24.4 Å². The third-order valence-corrected chi connectivity index (χ3v) is 1.21. The summed E-state index contributed by atoms with van der Waals surface area (Å²) in [6.07, 6.45) is -3.04. The first-order valence-electron chi connectivity index (χ1n) is 3.03. The zero-order chi connectivity index (χ0) is 9.83. The summed E-state index contributed by atoms with van der Waals surface area (Å²) >= 11 is 0. The molecule has 0 spiro atoms. The van der Waals surface area contributed by atoms with Gasteiger partial charge in [0.05, 0.1) is 0 Å². The average Bonchev–Trinajstić information content (AvgIpc) is 2.00. The Morgan fingerprint density at radius 2 is 1.58 bits per heavy atom. The van der Waals surface area contributed by atoms with Gasteiger partial charge >= 0.3 is 11.8 Å². The molecular weight excluding hydrogens is 180 g/mol. The average molecular weight is 186 g/mol. The molecule has 0 bridgehead atoms. The Hall–Kier alpha value is -0.940. The van der Waals surface area contributed by atoms with Gasteiger partial charge in [-0.05, 0) is 0 Å². The molecule has 0 fully saturated rings. The van der Waals surface area contributed by atoms with Gasteiger partial charge in [0.2, 0.25) is 0 Å². The third kappa shape index (κ3) is 2.28. The van der Waals surface area contributed by atoms with Crippen LogP contribution >= 0.6 is 0 Å². The van der Waals surface area contributed by atoms with E-state index in [4.69, 9.17) is 0 Å². The second-order valence-electron chi connectivity index (χ2n) is 2.15. The SMILES string of the molecule is O=CCCC(F)(F)C(F)(F)C=O. The highest BCUT2D eigenvalue weighted by Crippen LogP contribution is 2.35. The summed E-state index contributed by atoms with van der Waals surface area (Å²) in [5.74, 6) is -9.12. The molecule has 0 atom stereocenters. The fourth-order valence-corrected chi connectivity index (χ4v) is 0.493. The van der Waals surface area contributed by atoms with Gasteiger partial charge in [0.15, 0.2) is 6.29 Å². The van der Waals surface area contributed by atoms with E-state index in [1.165, 1.54) is 0 Å². The number of hydrogen-bond donors (Lipinski definition) is 0. The van der Waals surface area contributed by atoms with E-state index < -0.39 is 31.0 Å². The summed E-state index contributed by atoms with van der Waals surface area (Å²) in [4.78, 5) is 19.1. The molecule has 0 rings (SSSR count). The number of carbonyl (C=O) groups is 2. The number of carbonyl (C=O) groups excluding carboxylic acids is 2. The summed E-state index contributed by atoms with van der Waals surface area (Å²) in [5.41, 5.74) is 0. The molecule has 0 heterocycles. The van der Waals surface area contributed by atoms with Gasteiger partial charge in [0, 0.05) is 12.8 Å². The van der Waals surface area contributed by atoms with Crippen LogP contribution in [0.5, 0.6) is 0 Å². The van der Waals surface area contributed by atoms with Crippen LogP contribution in [0.2, 0.25) is 0 Å². The van der Waals surface area contributed by atoms with E-state index in [0.717, 1.165) is 0 Å². The van der Waals surface area contributed by atoms with Gasteiger partial charge in [-0.25, -0.2) is 0 Å². The number of aldehydes is 2.